The van der Waals surface area contributed by atoms with Crippen LogP contribution in [0.25, 0.3) is 6.08 Å². The lowest BCUT2D eigenvalue weighted by Crippen LogP contribution is -2.40. The van der Waals surface area contributed by atoms with Crippen LogP contribution in [0.5, 0.6) is 0 Å². The zero-order chi connectivity index (χ0) is 14.4. The zero-order valence-corrected chi connectivity index (χ0v) is 11.8. The van der Waals surface area contributed by atoms with Crippen molar-refractivity contribution in [2.45, 2.75) is 0 Å². The van der Waals surface area contributed by atoms with Crippen LogP contribution in [-0.2, 0) is 4.79 Å². The van der Waals surface area contributed by atoms with E-state index in [4.69, 9.17) is 0 Å². The van der Waals surface area contributed by atoms with Crippen LogP contribution in [0.3, 0.4) is 0 Å². The maximum atomic E-state index is 11.6. The predicted octanol–water partition coefficient (Wildman–Crippen LogP) is 1.65. The van der Waals surface area contributed by atoms with Crippen molar-refractivity contribution in [2.24, 2.45) is 0 Å². The molecule has 0 spiro atoms. The molecule has 3 N–H and O–H groups in total. The molecule has 2 aromatic heterocycles. The third kappa shape index (κ3) is 4.06. The molecule has 0 fully saturated rings. The Kier molecular flexibility index (Phi) is 4.67. The summed E-state index contributed by atoms with van der Waals surface area (Å²) >= 11 is 3.21. The van der Waals surface area contributed by atoms with Gasteiger partial charge in [0.15, 0.2) is 0 Å². The van der Waals surface area contributed by atoms with Crippen LogP contribution < -0.4 is 10.9 Å². The highest BCUT2D eigenvalue weighted by molar-refractivity contribution is 9.10. The maximum Gasteiger partial charge on any atom is 0.286 e. The Labute approximate surface area is 123 Å². The molecule has 20 heavy (non-hydrogen) atoms. The molecule has 0 aliphatic rings. The number of rotatable bonds is 3. The summed E-state index contributed by atoms with van der Waals surface area (Å²) in [5.74, 6) is -0.884. The van der Waals surface area contributed by atoms with Crippen LogP contribution >= 0.6 is 15.9 Å². The number of H-pyrrole nitrogens is 1. The number of hydrazine groups is 1. The van der Waals surface area contributed by atoms with Gasteiger partial charge < -0.3 is 4.98 Å². The van der Waals surface area contributed by atoms with Crippen LogP contribution in [0, 0.1) is 0 Å². The van der Waals surface area contributed by atoms with E-state index in [1.54, 1.807) is 36.7 Å². The average Bonchev–Trinajstić information content (AvgIpc) is 2.90. The molecule has 7 heteroatoms. The molecule has 6 nitrogen and oxygen atoms in total. The molecule has 0 bridgehead atoms. The highest BCUT2D eigenvalue weighted by atomic mass is 79.9. The fourth-order valence-corrected chi connectivity index (χ4v) is 1.71. The Balaban J connectivity index is 1.83. The fourth-order valence-electron chi connectivity index (χ4n) is 1.36. The molecular weight excluding hydrogens is 324 g/mol. The standard InChI is InChI=1S/C13H11BrN4O2/c14-9-7-11(16-8-9)13(20)18-17-12(19)5-4-10-3-1-2-6-15-10/h1-8,16H,(H,17,19)(H,18,20)/b5-4+. The van der Waals surface area contributed by atoms with E-state index in [9.17, 15) is 9.59 Å². The van der Waals surface area contributed by atoms with Gasteiger partial charge in [-0.25, -0.2) is 0 Å². The highest BCUT2D eigenvalue weighted by Crippen LogP contribution is 2.09. The summed E-state index contributed by atoms with van der Waals surface area (Å²) in [7, 11) is 0. The van der Waals surface area contributed by atoms with Gasteiger partial charge in [0.05, 0.1) is 5.69 Å². The first-order valence-corrected chi connectivity index (χ1v) is 6.48. The number of hydrogen-bond acceptors (Lipinski definition) is 3. The van der Waals surface area contributed by atoms with Crippen LogP contribution in [0.4, 0.5) is 0 Å². The Bertz CT molecular complexity index is 637. The number of nitrogens with one attached hydrogen (secondary N) is 3. The summed E-state index contributed by atoms with van der Waals surface area (Å²) in [4.78, 5) is 29.9. The minimum atomic E-state index is -0.449. The quantitative estimate of drug-likeness (QED) is 0.589. The molecule has 2 aromatic rings. The van der Waals surface area contributed by atoms with Gasteiger partial charge in [0, 0.05) is 22.9 Å². The van der Waals surface area contributed by atoms with Gasteiger partial charge >= 0.3 is 0 Å². The Hall–Kier alpha value is -2.41. The van der Waals surface area contributed by atoms with Gasteiger partial charge in [-0.15, -0.1) is 0 Å². The smallest absolute Gasteiger partial charge is 0.286 e. The summed E-state index contributed by atoms with van der Waals surface area (Å²) in [5, 5.41) is 0. The Morgan fingerprint density at radius 3 is 2.80 bits per heavy atom. The molecule has 2 heterocycles. The largest absolute Gasteiger partial charge is 0.356 e. The van der Waals surface area contributed by atoms with Gasteiger partial charge in [0.2, 0.25) is 0 Å². The number of aromatic nitrogens is 2. The first kappa shape index (κ1) is 14.0. The molecule has 0 saturated carbocycles. The van der Waals surface area contributed by atoms with E-state index in [1.165, 1.54) is 6.08 Å². The van der Waals surface area contributed by atoms with E-state index >= 15 is 0 Å². The van der Waals surface area contributed by atoms with Crippen LogP contribution in [-0.4, -0.2) is 21.8 Å². The lowest BCUT2D eigenvalue weighted by Gasteiger charge is -2.03. The fraction of sp³-hybridized carbons (Fsp3) is 0. The first-order chi connectivity index (χ1) is 9.65. The number of aromatic amines is 1. The van der Waals surface area contributed by atoms with Crippen molar-refractivity contribution < 1.29 is 9.59 Å². The lowest BCUT2D eigenvalue weighted by atomic mass is 10.3. The molecular formula is C13H11BrN4O2. The minimum absolute atomic E-state index is 0.339. The molecule has 2 rings (SSSR count). The molecule has 102 valence electrons. The zero-order valence-electron chi connectivity index (χ0n) is 10.3. The highest BCUT2D eigenvalue weighted by Gasteiger charge is 2.07. The van der Waals surface area contributed by atoms with Crippen molar-refractivity contribution in [3.05, 3.63) is 58.6 Å². The molecule has 0 atom stereocenters. The van der Waals surface area contributed by atoms with Gasteiger partial charge in [-0.1, -0.05) is 6.07 Å². The summed E-state index contributed by atoms with van der Waals surface area (Å²) in [5.41, 5.74) is 5.55. The van der Waals surface area contributed by atoms with E-state index in [0.717, 1.165) is 4.47 Å². The first-order valence-electron chi connectivity index (χ1n) is 5.68. The summed E-state index contributed by atoms with van der Waals surface area (Å²) in [6.45, 7) is 0. The van der Waals surface area contributed by atoms with Crippen molar-refractivity contribution in [3.8, 4) is 0 Å². The number of halogens is 1. The van der Waals surface area contributed by atoms with Crippen molar-refractivity contribution in [1.29, 1.82) is 0 Å². The van der Waals surface area contributed by atoms with Crippen molar-refractivity contribution in [2.75, 3.05) is 0 Å². The predicted molar refractivity (Wildman–Crippen MR) is 77.4 cm³/mol. The molecule has 0 aliphatic carbocycles. The number of carbonyl (C=O) groups is 2. The van der Waals surface area contributed by atoms with Crippen LogP contribution in [0.1, 0.15) is 16.2 Å². The van der Waals surface area contributed by atoms with Gasteiger partial charge in [-0.05, 0) is 40.2 Å². The number of nitrogens with zero attached hydrogens (tertiary/aromatic N) is 1. The van der Waals surface area contributed by atoms with E-state index in [-0.39, 0.29) is 0 Å². The topological polar surface area (TPSA) is 86.9 Å². The number of amides is 2. The minimum Gasteiger partial charge on any atom is -0.356 e. The SMILES string of the molecule is O=C(/C=C/c1ccccn1)NNC(=O)c1cc(Br)c[nH]1. The Morgan fingerprint density at radius 1 is 1.30 bits per heavy atom. The molecule has 0 radical (unpaired) electrons. The third-order valence-electron chi connectivity index (χ3n) is 2.28. The summed E-state index contributed by atoms with van der Waals surface area (Å²) in [6, 6.07) is 6.96. The average molecular weight is 335 g/mol. The van der Waals surface area contributed by atoms with E-state index < -0.39 is 11.8 Å². The number of pyridine rings is 1. The van der Waals surface area contributed by atoms with Gasteiger partial charge in [0.25, 0.3) is 11.8 Å². The molecule has 0 aromatic carbocycles. The number of carbonyl (C=O) groups excluding carboxylic acids is 2. The lowest BCUT2D eigenvalue weighted by molar-refractivity contribution is -0.117. The van der Waals surface area contributed by atoms with E-state index in [2.05, 4.69) is 36.7 Å². The van der Waals surface area contributed by atoms with E-state index in [0.29, 0.717) is 11.4 Å². The molecule has 0 saturated heterocycles. The molecule has 0 unspecified atom stereocenters. The monoisotopic (exact) mass is 334 g/mol. The second-order valence-corrected chi connectivity index (χ2v) is 4.68. The van der Waals surface area contributed by atoms with E-state index in [1.807, 2.05) is 6.07 Å². The second kappa shape index (κ2) is 6.67. The summed E-state index contributed by atoms with van der Waals surface area (Å²) in [6.07, 6.45) is 6.08. The normalized spacial score (nSPS) is 10.4. The van der Waals surface area contributed by atoms with Crippen LogP contribution in [0.2, 0.25) is 0 Å². The Morgan fingerprint density at radius 2 is 2.15 bits per heavy atom. The summed E-state index contributed by atoms with van der Waals surface area (Å²) < 4.78 is 0.754. The van der Waals surface area contributed by atoms with Crippen molar-refractivity contribution in [3.63, 3.8) is 0 Å². The van der Waals surface area contributed by atoms with Crippen molar-refractivity contribution >= 4 is 33.8 Å². The molecule has 2 amide bonds. The van der Waals surface area contributed by atoms with Gasteiger partial charge in [0.1, 0.15) is 5.69 Å². The maximum absolute atomic E-state index is 11.6. The van der Waals surface area contributed by atoms with Crippen molar-refractivity contribution in [1.82, 2.24) is 20.8 Å². The van der Waals surface area contributed by atoms with Gasteiger partial charge in [-0.3, -0.25) is 25.4 Å². The second-order valence-electron chi connectivity index (χ2n) is 3.76. The third-order valence-corrected chi connectivity index (χ3v) is 2.74. The molecule has 0 aliphatic heterocycles. The van der Waals surface area contributed by atoms with Crippen LogP contribution in [0.15, 0.2) is 47.2 Å². The van der Waals surface area contributed by atoms with Gasteiger partial charge in [-0.2, -0.15) is 0 Å². The number of hydrogen-bond donors (Lipinski definition) is 3.